The van der Waals surface area contributed by atoms with Crippen LogP contribution in [0.1, 0.15) is 30.0 Å². The van der Waals surface area contributed by atoms with Gasteiger partial charge in [-0.3, -0.25) is 35.1 Å². The van der Waals surface area contributed by atoms with Crippen LogP contribution in [-0.2, 0) is 48.4 Å². The molecule has 0 aromatic heterocycles. The van der Waals surface area contributed by atoms with Gasteiger partial charge in [0.05, 0.1) is 26.7 Å². The van der Waals surface area contributed by atoms with Gasteiger partial charge in [0.1, 0.15) is 37.7 Å². The summed E-state index contributed by atoms with van der Waals surface area (Å²) in [5.74, 6) is -3.84. The monoisotopic (exact) mass is 767 g/mol. The lowest BCUT2D eigenvalue weighted by atomic mass is 9.84. The second-order valence-electron chi connectivity index (χ2n) is 12.0. The molecule has 1 N–H and O–H groups in total. The molecule has 3 aromatic rings. The van der Waals surface area contributed by atoms with Gasteiger partial charge in [0.2, 0.25) is 5.91 Å². The number of hydrogen-bond donors (Lipinski definition) is 1. The number of carbonyl (C=O) groups excluding carboxylic acids is 4. The molecule has 0 radical (unpaired) electrons. The van der Waals surface area contributed by atoms with E-state index in [4.69, 9.17) is 14.2 Å². The van der Waals surface area contributed by atoms with Gasteiger partial charge in [-0.25, -0.2) is 18.8 Å². The highest BCUT2D eigenvalue weighted by atomic mass is 32.2. The van der Waals surface area contributed by atoms with Crippen molar-refractivity contribution in [3.8, 4) is 0 Å². The fourth-order valence-corrected chi connectivity index (χ4v) is 6.82. The van der Waals surface area contributed by atoms with Crippen LogP contribution in [0.25, 0.3) is 0 Å². The lowest BCUT2D eigenvalue weighted by molar-refractivity contribution is -0.385. The largest absolute Gasteiger partial charge is 0.459 e. The Labute approximate surface area is 308 Å². The van der Waals surface area contributed by atoms with Gasteiger partial charge in [-0.2, -0.15) is 0 Å². The molecule has 4 atom stereocenters. The summed E-state index contributed by atoms with van der Waals surface area (Å²) in [6, 6.07) is 13.5. The van der Waals surface area contributed by atoms with Gasteiger partial charge in [-0.1, -0.05) is 0 Å². The van der Waals surface area contributed by atoms with Crippen LogP contribution >= 0.6 is 11.8 Å². The minimum absolute atomic E-state index is 0.0342. The summed E-state index contributed by atoms with van der Waals surface area (Å²) >= 11 is 0.912. The average Bonchev–Trinajstić information content (AvgIpc) is 3.47. The quantitative estimate of drug-likeness (QED) is 0.0661. The number of alkyl halides is 1. The zero-order chi connectivity index (χ0) is 39.1. The van der Waals surface area contributed by atoms with Gasteiger partial charge in [0.15, 0.2) is 0 Å². The first kappa shape index (κ1) is 38.8. The predicted octanol–water partition coefficient (Wildman–Crippen LogP) is 5.03. The standard InChI is InChI=1S/C34H30FN5O13S/c1-19(35)29-27-14-28(30(37(27)31(29)41)33(43)52-16-21-4-10-24(11-5-21)39(47)48)54-18-26(32(42)51-15-20-2-8-23(9-3-20)38(45)46)36-34(44)53-17-22-6-12-25(13-7-22)40(49)50/h2-13,19,26-27,29H,14-18H2,1H3,(H,36,44)/t19-,26-,27-,29-/m1/s1. The second-order valence-corrected chi connectivity index (χ2v) is 13.1. The van der Waals surface area contributed by atoms with Crippen LogP contribution < -0.4 is 5.32 Å². The number of β-lactam (4-membered cyclic amide) rings is 1. The predicted molar refractivity (Wildman–Crippen MR) is 185 cm³/mol. The Morgan fingerprint density at radius 1 is 0.796 bits per heavy atom. The number of benzene rings is 3. The highest BCUT2D eigenvalue weighted by Crippen LogP contribution is 2.48. The van der Waals surface area contributed by atoms with Crippen LogP contribution in [0.2, 0.25) is 0 Å². The van der Waals surface area contributed by atoms with E-state index in [1.807, 2.05) is 0 Å². The molecule has 2 amide bonds. The highest BCUT2D eigenvalue weighted by molar-refractivity contribution is 8.03. The van der Waals surface area contributed by atoms with E-state index < -0.39 is 62.9 Å². The number of ether oxygens (including phenoxy) is 3. The third kappa shape index (κ3) is 9.13. The minimum atomic E-state index is -1.53. The number of esters is 2. The summed E-state index contributed by atoms with van der Waals surface area (Å²) in [5, 5.41) is 35.3. The molecular formula is C34H30FN5O13S. The van der Waals surface area contributed by atoms with E-state index in [9.17, 15) is 53.9 Å². The van der Waals surface area contributed by atoms with Crippen molar-refractivity contribution in [1.82, 2.24) is 10.2 Å². The van der Waals surface area contributed by atoms with Gasteiger partial charge in [0.25, 0.3) is 17.1 Å². The van der Waals surface area contributed by atoms with Crippen LogP contribution in [0.4, 0.5) is 26.2 Å². The maximum atomic E-state index is 14.4. The van der Waals surface area contributed by atoms with Gasteiger partial charge >= 0.3 is 18.0 Å². The topological polar surface area (TPSA) is 241 Å². The summed E-state index contributed by atoms with van der Waals surface area (Å²) in [5.41, 5.74) is 0.505. The number of fused-ring (bicyclic) bond motifs is 1. The molecule has 1 saturated heterocycles. The van der Waals surface area contributed by atoms with Crippen molar-refractivity contribution in [3.05, 3.63) is 130 Å². The SMILES string of the molecule is C[C@@H](F)[C@H]1C(=O)N2C(C(=O)OCc3ccc([N+](=O)[O-])cc3)=C(SC[C@@H](NC(=O)OCc3ccc([N+](=O)[O-])cc3)C(=O)OCc3ccc([N+](=O)[O-])cc3)C[C@H]12. The van der Waals surface area contributed by atoms with Crippen LogP contribution in [0.15, 0.2) is 83.4 Å². The number of amides is 2. The lowest BCUT2D eigenvalue weighted by Crippen LogP contribution is -2.61. The van der Waals surface area contributed by atoms with Crippen molar-refractivity contribution in [2.75, 3.05) is 5.75 Å². The van der Waals surface area contributed by atoms with Crippen molar-refractivity contribution >= 4 is 52.8 Å². The highest BCUT2D eigenvalue weighted by Gasteiger charge is 2.57. The smallest absolute Gasteiger partial charge is 0.408 e. The van der Waals surface area contributed by atoms with E-state index in [1.165, 1.54) is 79.7 Å². The number of nitro benzene ring substituents is 3. The number of nitro groups is 3. The number of alkyl carbamates (subject to hydrolysis) is 1. The molecule has 2 aliphatic heterocycles. The van der Waals surface area contributed by atoms with Crippen molar-refractivity contribution in [2.24, 2.45) is 5.92 Å². The molecule has 18 nitrogen and oxygen atoms in total. The number of carbonyl (C=O) groups is 4. The van der Waals surface area contributed by atoms with Gasteiger partial charge < -0.3 is 24.4 Å². The van der Waals surface area contributed by atoms with E-state index in [1.54, 1.807) is 0 Å². The van der Waals surface area contributed by atoms with Crippen LogP contribution in [0, 0.1) is 36.3 Å². The molecule has 0 spiro atoms. The van der Waals surface area contributed by atoms with E-state index in [0.717, 1.165) is 16.7 Å². The normalized spacial score (nSPS) is 17.1. The van der Waals surface area contributed by atoms with Crippen LogP contribution in [0.5, 0.6) is 0 Å². The molecule has 2 heterocycles. The molecule has 0 bridgehead atoms. The van der Waals surface area contributed by atoms with Gasteiger partial charge in [-0.05, 0) is 60.0 Å². The summed E-state index contributed by atoms with van der Waals surface area (Å²) in [6.07, 6.45) is -2.57. The fraction of sp³-hybridized carbons (Fsp3) is 0.294. The molecule has 2 aliphatic rings. The Kier molecular flexibility index (Phi) is 12.2. The van der Waals surface area contributed by atoms with Gasteiger partial charge in [0, 0.05) is 53.5 Å². The third-order valence-electron chi connectivity index (χ3n) is 8.42. The number of nitrogens with zero attached hydrogens (tertiary/aromatic N) is 4. The summed E-state index contributed by atoms with van der Waals surface area (Å²) in [4.78, 5) is 85.1. The average molecular weight is 768 g/mol. The number of non-ortho nitro benzene ring substituents is 3. The fourth-order valence-electron chi connectivity index (χ4n) is 5.62. The zero-order valence-corrected chi connectivity index (χ0v) is 29.0. The second kappa shape index (κ2) is 16.9. The van der Waals surface area contributed by atoms with E-state index in [2.05, 4.69) is 5.32 Å². The maximum Gasteiger partial charge on any atom is 0.408 e. The van der Waals surface area contributed by atoms with Crippen LogP contribution in [-0.4, -0.2) is 67.6 Å². The Balaban J connectivity index is 1.31. The number of halogens is 1. The van der Waals surface area contributed by atoms with E-state index >= 15 is 0 Å². The molecule has 282 valence electrons. The molecule has 1 fully saturated rings. The minimum Gasteiger partial charge on any atom is -0.459 e. The Morgan fingerprint density at radius 2 is 1.24 bits per heavy atom. The molecular weight excluding hydrogens is 737 g/mol. The zero-order valence-electron chi connectivity index (χ0n) is 28.2. The molecule has 54 heavy (non-hydrogen) atoms. The molecule has 0 unspecified atom stereocenters. The first-order valence-electron chi connectivity index (χ1n) is 16.0. The number of rotatable bonds is 16. The third-order valence-corrected chi connectivity index (χ3v) is 9.63. The molecule has 5 rings (SSSR count). The van der Waals surface area contributed by atoms with Crippen molar-refractivity contribution < 1.29 is 52.5 Å². The Bertz CT molecular complexity index is 1990. The van der Waals surface area contributed by atoms with Crippen molar-refractivity contribution in [2.45, 2.75) is 51.4 Å². The number of thioether (sulfide) groups is 1. The number of hydrogen-bond acceptors (Lipinski definition) is 14. The first-order chi connectivity index (χ1) is 25.7. The van der Waals surface area contributed by atoms with Gasteiger partial charge in [-0.15, -0.1) is 11.8 Å². The Morgan fingerprint density at radius 3 is 1.69 bits per heavy atom. The van der Waals surface area contributed by atoms with E-state index in [-0.39, 0.29) is 59.7 Å². The molecule has 3 aromatic carbocycles. The number of nitrogens with one attached hydrogen (secondary N) is 1. The van der Waals surface area contributed by atoms with E-state index in [0.29, 0.717) is 16.7 Å². The summed E-state index contributed by atoms with van der Waals surface area (Å²) < 4.78 is 30.5. The summed E-state index contributed by atoms with van der Waals surface area (Å²) in [7, 11) is 0. The van der Waals surface area contributed by atoms with Crippen LogP contribution in [0.3, 0.4) is 0 Å². The maximum absolute atomic E-state index is 14.4. The molecule has 0 saturated carbocycles. The Hall–Kier alpha value is -6.44. The molecule has 0 aliphatic carbocycles. The van der Waals surface area contributed by atoms with Crippen molar-refractivity contribution in [1.29, 1.82) is 0 Å². The summed E-state index contributed by atoms with van der Waals surface area (Å²) in [6.45, 7) is 0.258. The van der Waals surface area contributed by atoms with Crippen molar-refractivity contribution in [3.63, 3.8) is 0 Å². The lowest BCUT2D eigenvalue weighted by Gasteiger charge is -2.44. The molecule has 20 heteroatoms. The first-order valence-corrected chi connectivity index (χ1v) is 17.0.